The molecule has 0 aliphatic carbocycles. The lowest BCUT2D eigenvalue weighted by Gasteiger charge is -2.10. The molecule has 2 aromatic carbocycles. The molecule has 0 unspecified atom stereocenters. The van der Waals surface area contributed by atoms with Gasteiger partial charge in [-0.3, -0.25) is 4.79 Å². The average Bonchev–Trinajstić information content (AvgIpc) is 3.33. The van der Waals surface area contributed by atoms with Gasteiger partial charge in [-0.05, 0) is 36.1 Å². The van der Waals surface area contributed by atoms with Crippen LogP contribution in [0.5, 0.6) is 17.2 Å². The standard InChI is InChI=1S/C22H11F5O5S/c1-9-4-5-33-14(9)7-13-21(29)11-3-2-10(6-12(11)32-13)31-15(28)8-30-22-19(26)17(24)16(23)18(25)20(22)27/h2-7H,8H2,1H3/b13-7-. The van der Waals surface area contributed by atoms with Crippen LogP contribution in [-0.2, 0) is 4.79 Å². The van der Waals surface area contributed by atoms with E-state index in [1.807, 2.05) is 18.4 Å². The number of carbonyl (C=O) groups excluding carboxylic acids is 2. The second-order valence-corrected chi connectivity index (χ2v) is 7.68. The number of fused-ring (bicyclic) bond motifs is 1. The van der Waals surface area contributed by atoms with E-state index in [0.717, 1.165) is 10.4 Å². The Kier molecular flexibility index (Phi) is 5.90. The topological polar surface area (TPSA) is 61.8 Å². The maximum absolute atomic E-state index is 13.6. The van der Waals surface area contributed by atoms with Crippen molar-refractivity contribution in [2.24, 2.45) is 0 Å². The molecule has 0 spiro atoms. The Morgan fingerprint density at radius 3 is 2.33 bits per heavy atom. The van der Waals surface area contributed by atoms with Gasteiger partial charge in [0.05, 0.1) is 5.56 Å². The van der Waals surface area contributed by atoms with Crippen LogP contribution in [0.2, 0.25) is 0 Å². The fraction of sp³-hybridized carbons (Fsp3) is 0.0909. The fourth-order valence-electron chi connectivity index (χ4n) is 2.89. The van der Waals surface area contributed by atoms with E-state index in [2.05, 4.69) is 4.74 Å². The van der Waals surface area contributed by atoms with Crippen molar-refractivity contribution in [3.63, 3.8) is 0 Å². The molecule has 0 saturated heterocycles. The third-order valence-electron chi connectivity index (χ3n) is 4.54. The van der Waals surface area contributed by atoms with Crippen LogP contribution in [0.1, 0.15) is 20.8 Å². The SMILES string of the molecule is Cc1ccsc1/C=C1\Oc2cc(OC(=O)COc3c(F)c(F)c(F)c(F)c3F)ccc2C1=O. The third kappa shape index (κ3) is 4.19. The van der Waals surface area contributed by atoms with Crippen LogP contribution in [0.15, 0.2) is 35.4 Å². The number of ketones is 1. The number of hydrogen-bond acceptors (Lipinski definition) is 6. The summed E-state index contributed by atoms with van der Waals surface area (Å²) in [7, 11) is 0. The molecule has 1 aliphatic rings. The van der Waals surface area contributed by atoms with Crippen LogP contribution in [0.25, 0.3) is 6.08 Å². The minimum atomic E-state index is -2.35. The molecule has 4 rings (SSSR count). The molecule has 3 aromatic rings. The number of allylic oxidation sites excluding steroid dienone is 1. The summed E-state index contributed by atoms with van der Waals surface area (Å²) in [5.74, 6) is -14.3. The number of ether oxygens (including phenoxy) is 3. The highest BCUT2D eigenvalue weighted by Crippen LogP contribution is 2.36. The molecule has 0 amide bonds. The molecule has 1 aliphatic heterocycles. The Morgan fingerprint density at radius 2 is 1.70 bits per heavy atom. The van der Waals surface area contributed by atoms with Gasteiger partial charge in [-0.15, -0.1) is 11.3 Å². The Hall–Kier alpha value is -3.73. The summed E-state index contributed by atoms with van der Waals surface area (Å²) < 4.78 is 81.6. The van der Waals surface area contributed by atoms with Gasteiger partial charge in [-0.25, -0.2) is 18.0 Å². The molecule has 5 nitrogen and oxygen atoms in total. The van der Waals surface area contributed by atoms with Gasteiger partial charge in [-0.2, -0.15) is 8.78 Å². The van der Waals surface area contributed by atoms with Gasteiger partial charge in [0.1, 0.15) is 11.5 Å². The number of hydrogen-bond donors (Lipinski definition) is 0. The van der Waals surface area contributed by atoms with Gasteiger partial charge in [0.2, 0.25) is 34.9 Å². The Balaban J connectivity index is 1.46. The first-order valence-electron chi connectivity index (χ1n) is 9.14. The summed E-state index contributed by atoms with van der Waals surface area (Å²) >= 11 is 1.42. The highest BCUT2D eigenvalue weighted by molar-refractivity contribution is 7.11. The maximum Gasteiger partial charge on any atom is 0.349 e. The zero-order chi connectivity index (χ0) is 23.9. The second-order valence-electron chi connectivity index (χ2n) is 6.73. The lowest BCUT2D eigenvalue weighted by Crippen LogP contribution is -2.19. The van der Waals surface area contributed by atoms with Gasteiger partial charge in [-0.1, -0.05) is 0 Å². The van der Waals surface area contributed by atoms with Gasteiger partial charge in [0.15, 0.2) is 18.1 Å². The molecule has 1 aromatic heterocycles. The zero-order valence-corrected chi connectivity index (χ0v) is 17.3. The number of rotatable bonds is 5. The minimum Gasteiger partial charge on any atom is -0.476 e. The van der Waals surface area contributed by atoms with E-state index in [0.29, 0.717) is 0 Å². The van der Waals surface area contributed by atoms with Crippen molar-refractivity contribution in [1.82, 2.24) is 0 Å². The monoisotopic (exact) mass is 482 g/mol. The molecule has 0 radical (unpaired) electrons. The zero-order valence-electron chi connectivity index (χ0n) is 16.5. The van der Waals surface area contributed by atoms with E-state index >= 15 is 0 Å². The van der Waals surface area contributed by atoms with Crippen molar-refractivity contribution >= 4 is 29.2 Å². The van der Waals surface area contributed by atoms with Crippen LogP contribution in [-0.4, -0.2) is 18.4 Å². The maximum atomic E-state index is 13.6. The van der Waals surface area contributed by atoms with Crippen molar-refractivity contribution in [3.05, 3.63) is 80.5 Å². The summed E-state index contributed by atoms with van der Waals surface area (Å²) in [6, 6.07) is 5.75. The van der Waals surface area contributed by atoms with Crippen LogP contribution in [0, 0.1) is 36.0 Å². The lowest BCUT2D eigenvalue weighted by molar-refractivity contribution is -0.136. The van der Waals surface area contributed by atoms with Crippen molar-refractivity contribution in [2.45, 2.75) is 6.92 Å². The van der Waals surface area contributed by atoms with Crippen LogP contribution in [0.4, 0.5) is 22.0 Å². The van der Waals surface area contributed by atoms with Gasteiger partial charge in [0.25, 0.3) is 0 Å². The molecular weight excluding hydrogens is 471 g/mol. The summed E-state index contributed by atoms with van der Waals surface area (Å²) in [5.41, 5.74) is 1.19. The molecule has 0 bridgehead atoms. The molecule has 0 atom stereocenters. The number of carbonyl (C=O) groups is 2. The van der Waals surface area contributed by atoms with Crippen LogP contribution in [0.3, 0.4) is 0 Å². The van der Waals surface area contributed by atoms with Crippen LogP contribution >= 0.6 is 11.3 Å². The quantitative estimate of drug-likeness (QED) is 0.123. The Morgan fingerprint density at radius 1 is 1.03 bits per heavy atom. The summed E-state index contributed by atoms with van der Waals surface area (Å²) in [6.07, 6.45) is 1.59. The smallest absolute Gasteiger partial charge is 0.349 e. The molecule has 33 heavy (non-hydrogen) atoms. The largest absolute Gasteiger partial charge is 0.476 e. The molecule has 2 heterocycles. The minimum absolute atomic E-state index is 0.0775. The first-order chi connectivity index (χ1) is 15.7. The van der Waals surface area contributed by atoms with Crippen molar-refractivity contribution in [2.75, 3.05) is 6.61 Å². The molecule has 0 fully saturated rings. The molecule has 11 heteroatoms. The molecule has 0 saturated carbocycles. The molecule has 170 valence electrons. The predicted octanol–water partition coefficient (Wildman–Crippen LogP) is 5.35. The fourth-order valence-corrected chi connectivity index (χ4v) is 3.73. The van der Waals surface area contributed by atoms with Gasteiger partial charge < -0.3 is 14.2 Å². The van der Waals surface area contributed by atoms with Gasteiger partial charge >= 0.3 is 5.97 Å². The first kappa shape index (κ1) is 22.5. The highest BCUT2D eigenvalue weighted by Gasteiger charge is 2.29. The number of Topliss-reactive ketones (excluding diaryl/α,β-unsaturated/α-hetero) is 1. The van der Waals surface area contributed by atoms with Crippen molar-refractivity contribution < 1.29 is 45.8 Å². The predicted molar refractivity (Wildman–Crippen MR) is 106 cm³/mol. The Bertz CT molecular complexity index is 1300. The van der Waals surface area contributed by atoms with E-state index in [1.165, 1.54) is 29.5 Å². The normalized spacial score (nSPS) is 13.8. The molecular formula is C22H11F5O5S. The lowest BCUT2D eigenvalue weighted by atomic mass is 10.1. The summed E-state index contributed by atoms with van der Waals surface area (Å²) in [5, 5.41) is 1.86. The number of aryl methyl sites for hydroxylation is 1. The number of thiophene rings is 1. The van der Waals surface area contributed by atoms with Gasteiger partial charge in [0, 0.05) is 17.0 Å². The van der Waals surface area contributed by atoms with E-state index < -0.39 is 47.4 Å². The van der Waals surface area contributed by atoms with Crippen molar-refractivity contribution in [3.8, 4) is 17.2 Å². The van der Waals surface area contributed by atoms with Crippen molar-refractivity contribution in [1.29, 1.82) is 0 Å². The van der Waals surface area contributed by atoms with E-state index in [1.54, 1.807) is 6.08 Å². The first-order valence-corrected chi connectivity index (χ1v) is 10.0. The third-order valence-corrected chi connectivity index (χ3v) is 5.51. The Labute approximate surface area is 186 Å². The average molecular weight is 482 g/mol. The van der Waals surface area contributed by atoms with E-state index in [4.69, 9.17) is 9.47 Å². The molecule has 0 N–H and O–H groups in total. The highest BCUT2D eigenvalue weighted by atomic mass is 32.1. The second kappa shape index (κ2) is 8.66. The van der Waals surface area contributed by atoms with Crippen LogP contribution < -0.4 is 14.2 Å². The summed E-state index contributed by atoms with van der Waals surface area (Å²) in [4.78, 5) is 25.3. The van der Waals surface area contributed by atoms with E-state index in [9.17, 15) is 31.5 Å². The number of halogens is 5. The summed E-state index contributed by atoms with van der Waals surface area (Å²) in [6.45, 7) is 0.722. The van der Waals surface area contributed by atoms with E-state index in [-0.39, 0.29) is 28.6 Å². The number of esters is 1. The number of benzene rings is 2.